The standard InChI is InChI=1S/C17H27N3O/c1-5-7-18-15-9-13(6-8-19-15)11-20-12-14(10-16(20)21)17(2,3)4/h6,8-9,14H,5,7,10-12H2,1-4H3,(H,18,19). The van der Waals surface area contributed by atoms with Crippen LogP contribution in [0.25, 0.3) is 0 Å². The van der Waals surface area contributed by atoms with Crippen molar-refractivity contribution in [2.45, 2.75) is 47.1 Å². The molecular weight excluding hydrogens is 262 g/mol. The van der Waals surface area contributed by atoms with Crippen LogP contribution in [0.1, 0.15) is 46.1 Å². The molecule has 1 aromatic rings. The third-order valence-corrected chi connectivity index (χ3v) is 4.19. The lowest BCUT2D eigenvalue weighted by molar-refractivity contribution is -0.128. The molecule has 2 heterocycles. The molecule has 0 radical (unpaired) electrons. The lowest BCUT2D eigenvalue weighted by atomic mass is 9.80. The monoisotopic (exact) mass is 289 g/mol. The van der Waals surface area contributed by atoms with Crippen molar-refractivity contribution in [1.29, 1.82) is 0 Å². The molecule has 0 bridgehead atoms. The molecule has 1 saturated heterocycles. The Hall–Kier alpha value is -1.58. The fraction of sp³-hybridized carbons (Fsp3) is 0.647. The van der Waals surface area contributed by atoms with Crippen LogP contribution in [0.2, 0.25) is 0 Å². The van der Waals surface area contributed by atoms with Crippen molar-refractivity contribution in [3.05, 3.63) is 23.9 Å². The summed E-state index contributed by atoms with van der Waals surface area (Å²) < 4.78 is 0. The highest BCUT2D eigenvalue weighted by atomic mass is 16.2. The molecule has 1 N–H and O–H groups in total. The summed E-state index contributed by atoms with van der Waals surface area (Å²) in [7, 11) is 0. The number of carbonyl (C=O) groups excluding carboxylic acids is 1. The zero-order chi connectivity index (χ0) is 15.5. The minimum absolute atomic E-state index is 0.191. The van der Waals surface area contributed by atoms with Gasteiger partial charge < -0.3 is 10.2 Å². The predicted octanol–water partition coefficient (Wildman–Crippen LogP) is 3.30. The van der Waals surface area contributed by atoms with E-state index in [1.54, 1.807) is 0 Å². The van der Waals surface area contributed by atoms with Gasteiger partial charge in [0.25, 0.3) is 0 Å². The molecule has 0 saturated carbocycles. The van der Waals surface area contributed by atoms with Gasteiger partial charge in [0, 0.05) is 32.3 Å². The number of carbonyl (C=O) groups is 1. The normalized spacial score (nSPS) is 19.1. The number of nitrogens with one attached hydrogen (secondary N) is 1. The Morgan fingerprint density at radius 3 is 2.81 bits per heavy atom. The molecule has 116 valence electrons. The number of nitrogens with zero attached hydrogens (tertiary/aromatic N) is 2. The highest BCUT2D eigenvalue weighted by molar-refractivity contribution is 5.78. The second kappa shape index (κ2) is 6.46. The molecule has 1 unspecified atom stereocenters. The zero-order valence-electron chi connectivity index (χ0n) is 13.6. The van der Waals surface area contributed by atoms with E-state index in [2.05, 4.69) is 38.0 Å². The maximum absolute atomic E-state index is 12.2. The van der Waals surface area contributed by atoms with Crippen LogP contribution >= 0.6 is 0 Å². The van der Waals surface area contributed by atoms with Gasteiger partial charge in [-0.15, -0.1) is 0 Å². The Labute approximate surface area is 127 Å². The van der Waals surface area contributed by atoms with Crippen LogP contribution in [-0.4, -0.2) is 28.9 Å². The van der Waals surface area contributed by atoms with Gasteiger partial charge in [-0.05, 0) is 35.4 Å². The number of aromatic nitrogens is 1. The number of rotatable bonds is 5. The Balaban J connectivity index is 2.00. The maximum atomic E-state index is 12.2. The Kier molecular flexibility index (Phi) is 4.86. The van der Waals surface area contributed by atoms with Gasteiger partial charge in [-0.3, -0.25) is 4.79 Å². The molecule has 1 amide bonds. The van der Waals surface area contributed by atoms with Gasteiger partial charge in [0.05, 0.1) is 0 Å². The first-order valence-electron chi connectivity index (χ1n) is 7.86. The number of hydrogen-bond donors (Lipinski definition) is 1. The topological polar surface area (TPSA) is 45.2 Å². The summed E-state index contributed by atoms with van der Waals surface area (Å²) in [5, 5.41) is 3.29. The molecule has 0 aliphatic carbocycles. The summed E-state index contributed by atoms with van der Waals surface area (Å²) >= 11 is 0. The van der Waals surface area contributed by atoms with Crippen LogP contribution in [0.5, 0.6) is 0 Å². The van der Waals surface area contributed by atoms with Crippen LogP contribution < -0.4 is 5.32 Å². The molecule has 21 heavy (non-hydrogen) atoms. The van der Waals surface area contributed by atoms with E-state index in [-0.39, 0.29) is 11.3 Å². The fourth-order valence-electron chi connectivity index (χ4n) is 2.65. The third-order valence-electron chi connectivity index (χ3n) is 4.19. The average Bonchev–Trinajstić information content (AvgIpc) is 2.78. The number of likely N-dealkylation sites (tertiary alicyclic amines) is 1. The smallest absolute Gasteiger partial charge is 0.223 e. The van der Waals surface area contributed by atoms with Crippen molar-refractivity contribution in [3.8, 4) is 0 Å². The van der Waals surface area contributed by atoms with Crippen LogP contribution in [0, 0.1) is 11.3 Å². The molecule has 4 heteroatoms. The maximum Gasteiger partial charge on any atom is 0.223 e. The summed E-state index contributed by atoms with van der Waals surface area (Å²) in [6.07, 6.45) is 3.56. The van der Waals surface area contributed by atoms with E-state index in [4.69, 9.17) is 0 Å². The van der Waals surface area contributed by atoms with E-state index >= 15 is 0 Å². The zero-order valence-corrected chi connectivity index (χ0v) is 13.6. The minimum atomic E-state index is 0.191. The first-order chi connectivity index (χ1) is 9.90. The minimum Gasteiger partial charge on any atom is -0.370 e. The third kappa shape index (κ3) is 4.19. The van der Waals surface area contributed by atoms with Crippen molar-refractivity contribution in [2.75, 3.05) is 18.4 Å². The molecule has 1 atom stereocenters. The summed E-state index contributed by atoms with van der Waals surface area (Å²) in [6, 6.07) is 4.04. The average molecular weight is 289 g/mol. The summed E-state index contributed by atoms with van der Waals surface area (Å²) in [5.41, 5.74) is 1.34. The highest BCUT2D eigenvalue weighted by Gasteiger charge is 2.36. The summed E-state index contributed by atoms with van der Waals surface area (Å²) in [6.45, 7) is 11.3. The molecule has 4 nitrogen and oxygen atoms in total. The molecule has 1 aliphatic rings. The summed E-state index contributed by atoms with van der Waals surface area (Å²) in [5.74, 6) is 1.62. The fourth-order valence-corrected chi connectivity index (χ4v) is 2.65. The van der Waals surface area contributed by atoms with Gasteiger partial charge in [-0.1, -0.05) is 27.7 Å². The van der Waals surface area contributed by atoms with E-state index in [0.29, 0.717) is 18.9 Å². The van der Waals surface area contributed by atoms with E-state index in [1.807, 2.05) is 23.2 Å². The van der Waals surface area contributed by atoms with Gasteiger partial charge >= 0.3 is 0 Å². The molecule has 2 rings (SSSR count). The lowest BCUT2D eigenvalue weighted by Crippen LogP contribution is -2.27. The quantitative estimate of drug-likeness (QED) is 0.904. The van der Waals surface area contributed by atoms with Crippen LogP contribution in [0.3, 0.4) is 0 Å². The van der Waals surface area contributed by atoms with Crippen molar-refractivity contribution in [3.63, 3.8) is 0 Å². The second-order valence-corrected chi connectivity index (χ2v) is 7.02. The molecule has 1 aromatic heterocycles. The van der Waals surface area contributed by atoms with E-state index in [9.17, 15) is 4.79 Å². The van der Waals surface area contributed by atoms with Crippen molar-refractivity contribution < 1.29 is 4.79 Å². The Morgan fingerprint density at radius 1 is 1.43 bits per heavy atom. The van der Waals surface area contributed by atoms with E-state index in [1.165, 1.54) is 0 Å². The van der Waals surface area contributed by atoms with Gasteiger partial charge in [0.2, 0.25) is 5.91 Å². The number of anilines is 1. The number of pyridine rings is 1. The van der Waals surface area contributed by atoms with Gasteiger partial charge in [0.15, 0.2) is 0 Å². The number of hydrogen-bond acceptors (Lipinski definition) is 3. The van der Waals surface area contributed by atoms with Crippen LogP contribution in [-0.2, 0) is 11.3 Å². The predicted molar refractivity (Wildman–Crippen MR) is 86.0 cm³/mol. The van der Waals surface area contributed by atoms with E-state index in [0.717, 1.165) is 30.9 Å². The van der Waals surface area contributed by atoms with Crippen molar-refractivity contribution >= 4 is 11.7 Å². The van der Waals surface area contributed by atoms with E-state index < -0.39 is 0 Å². The number of amides is 1. The molecular formula is C17H27N3O. The van der Waals surface area contributed by atoms with Gasteiger partial charge in [0.1, 0.15) is 5.82 Å². The largest absolute Gasteiger partial charge is 0.370 e. The summed E-state index contributed by atoms with van der Waals surface area (Å²) in [4.78, 5) is 18.5. The molecule has 0 spiro atoms. The first kappa shape index (κ1) is 15.8. The van der Waals surface area contributed by atoms with Crippen LogP contribution in [0.15, 0.2) is 18.3 Å². The SMILES string of the molecule is CCCNc1cc(CN2CC(C(C)(C)C)CC2=O)ccn1. The molecule has 0 aromatic carbocycles. The van der Waals surface area contributed by atoms with Gasteiger partial charge in [-0.2, -0.15) is 0 Å². The highest BCUT2D eigenvalue weighted by Crippen LogP contribution is 2.34. The van der Waals surface area contributed by atoms with Crippen molar-refractivity contribution in [1.82, 2.24) is 9.88 Å². The first-order valence-corrected chi connectivity index (χ1v) is 7.86. The lowest BCUT2D eigenvalue weighted by Gasteiger charge is -2.26. The Bertz CT molecular complexity index is 493. The molecule has 1 aliphatic heterocycles. The Morgan fingerprint density at radius 2 is 2.19 bits per heavy atom. The second-order valence-electron chi connectivity index (χ2n) is 7.02. The van der Waals surface area contributed by atoms with Gasteiger partial charge in [-0.25, -0.2) is 4.98 Å². The van der Waals surface area contributed by atoms with Crippen LogP contribution in [0.4, 0.5) is 5.82 Å². The van der Waals surface area contributed by atoms with Crippen molar-refractivity contribution in [2.24, 2.45) is 11.3 Å². The molecule has 1 fully saturated rings.